The van der Waals surface area contributed by atoms with Crippen LogP contribution in [0, 0.1) is 0 Å². The molecular formula is C14H22ClN3O3. The van der Waals surface area contributed by atoms with Gasteiger partial charge in [0.1, 0.15) is 5.82 Å². The Bertz CT molecular complexity index is 449. The van der Waals surface area contributed by atoms with E-state index in [9.17, 15) is 4.79 Å². The van der Waals surface area contributed by atoms with E-state index >= 15 is 0 Å². The molecule has 1 amide bonds. The van der Waals surface area contributed by atoms with Crippen molar-refractivity contribution in [2.24, 2.45) is 0 Å². The van der Waals surface area contributed by atoms with Crippen molar-refractivity contribution in [2.75, 3.05) is 52.4 Å². The second kappa shape index (κ2) is 9.55. The number of halogens is 1. The van der Waals surface area contributed by atoms with Gasteiger partial charge in [0, 0.05) is 40.1 Å². The molecule has 0 unspecified atom stereocenters. The van der Waals surface area contributed by atoms with E-state index in [1.54, 1.807) is 25.2 Å². The fraction of sp³-hybridized carbons (Fsp3) is 0.571. The number of anilines is 1. The minimum absolute atomic E-state index is 0.137. The molecule has 118 valence electrons. The van der Waals surface area contributed by atoms with E-state index in [1.807, 2.05) is 6.92 Å². The molecule has 1 aromatic rings. The van der Waals surface area contributed by atoms with Crippen molar-refractivity contribution in [1.29, 1.82) is 0 Å². The molecule has 0 saturated carbocycles. The Morgan fingerprint density at radius 2 is 1.95 bits per heavy atom. The summed E-state index contributed by atoms with van der Waals surface area (Å²) >= 11 is 6.12. The highest BCUT2D eigenvalue weighted by Gasteiger charge is 2.17. The first-order chi connectivity index (χ1) is 10.1. The monoisotopic (exact) mass is 315 g/mol. The van der Waals surface area contributed by atoms with Gasteiger partial charge in [-0.15, -0.1) is 0 Å². The van der Waals surface area contributed by atoms with E-state index in [0.717, 1.165) is 0 Å². The van der Waals surface area contributed by atoms with Crippen molar-refractivity contribution in [1.82, 2.24) is 9.88 Å². The molecular weight excluding hydrogens is 294 g/mol. The van der Waals surface area contributed by atoms with Crippen LogP contribution in [0.4, 0.5) is 5.82 Å². The highest BCUT2D eigenvalue weighted by Crippen LogP contribution is 2.20. The number of methoxy groups -OCH3 is 2. The quantitative estimate of drug-likeness (QED) is 0.754. The number of aromatic nitrogens is 1. The van der Waals surface area contributed by atoms with Gasteiger partial charge in [-0.3, -0.25) is 4.79 Å². The molecule has 0 aliphatic carbocycles. The zero-order valence-electron chi connectivity index (χ0n) is 12.7. The molecule has 0 bridgehead atoms. The normalized spacial score (nSPS) is 10.5. The highest BCUT2D eigenvalue weighted by molar-refractivity contribution is 6.33. The topological polar surface area (TPSA) is 63.7 Å². The minimum atomic E-state index is -0.137. The van der Waals surface area contributed by atoms with Gasteiger partial charge in [-0.05, 0) is 13.0 Å². The summed E-state index contributed by atoms with van der Waals surface area (Å²) in [6.07, 6.45) is 1.53. The lowest BCUT2D eigenvalue weighted by Crippen LogP contribution is -2.36. The predicted octanol–water partition coefficient (Wildman–Crippen LogP) is 1.90. The average molecular weight is 316 g/mol. The van der Waals surface area contributed by atoms with Crippen LogP contribution in [0.5, 0.6) is 0 Å². The maximum absolute atomic E-state index is 12.5. The summed E-state index contributed by atoms with van der Waals surface area (Å²) in [7, 11) is 3.20. The summed E-state index contributed by atoms with van der Waals surface area (Å²) in [5.74, 6) is 0.442. The molecule has 6 nitrogen and oxygen atoms in total. The summed E-state index contributed by atoms with van der Waals surface area (Å²) < 4.78 is 10.1. The van der Waals surface area contributed by atoms with Gasteiger partial charge < -0.3 is 19.7 Å². The lowest BCUT2D eigenvalue weighted by molar-refractivity contribution is 0.0627. The standard InChI is InChI=1S/C14H22ClN3O3/c1-4-16-13-12(15)9-11(10-17-13)14(19)18(5-7-20-2)6-8-21-3/h9-10H,4-8H2,1-3H3,(H,16,17). The van der Waals surface area contributed by atoms with E-state index in [4.69, 9.17) is 21.1 Å². The minimum Gasteiger partial charge on any atom is -0.383 e. The number of nitrogens with one attached hydrogen (secondary N) is 1. The Balaban J connectivity index is 2.84. The average Bonchev–Trinajstić information content (AvgIpc) is 2.49. The van der Waals surface area contributed by atoms with E-state index in [0.29, 0.717) is 49.3 Å². The molecule has 1 N–H and O–H groups in total. The highest BCUT2D eigenvalue weighted by atomic mass is 35.5. The number of rotatable bonds is 9. The molecule has 0 spiro atoms. The van der Waals surface area contributed by atoms with E-state index < -0.39 is 0 Å². The van der Waals surface area contributed by atoms with Crippen LogP contribution in [0.3, 0.4) is 0 Å². The Kier molecular flexibility index (Phi) is 8.04. The van der Waals surface area contributed by atoms with Crippen molar-refractivity contribution in [3.8, 4) is 0 Å². The molecule has 0 aliphatic heterocycles. The maximum Gasteiger partial charge on any atom is 0.255 e. The third-order valence-electron chi connectivity index (χ3n) is 2.85. The number of ether oxygens (including phenoxy) is 2. The van der Waals surface area contributed by atoms with E-state index in [-0.39, 0.29) is 5.91 Å². The molecule has 0 atom stereocenters. The van der Waals surface area contributed by atoms with Crippen LogP contribution in [0.25, 0.3) is 0 Å². The molecule has 0 aromatic carbocycles. The van der Waals surface area contributed by atoms with Crippen molar-refractivity contribution in [3.05, 3.63) is 22.8 Å². The summed E-state index contributed by atoms with van der Waals surface area (Å²) in [6.45, 7) is 4.58. The number of pyridine rings is 1. The maximum atomic E-state index is 12.5. The lowest BCUT2D eigenvalue weighted by atomic mass is 10.2. The largest absolute Gasteiger partial charge is 0.383 e. The van der Waals surface area contributed by atoms with Gasteiger partial charge >= 0.3 is 0 Å². The van der Waals surface area contributed by atoms with Gasteiger partial charge in [-0.25, -0.2) is 4.98 Å². The Morgan fingerprint density at radius 1 is 1.33 bits per heavy atom. The zero-order chi connectivity index (χ0) is 15.7. The molecule has 7 heteroatoms. The first-order valence-corrected chi connectivity index (χ1v) is 7.18. The lowest BCUT2D eigenvalue weighted by Gasteiger charge is -2.22. The fourth-order valence-electron chi connectivity index (χ4n) is 1.75. The zero-order valence-corrected chi connectivity index (χ0v) is 13.4. The van der Waals surface area contributed by atoms with Crippen molar-refractivity contribution < 1.29 is 14.3 Å². The van der Waals surface area contributed by atoms with E-state index in [2.05, 4.69) is 10.3 Å². The van der Waals surface area contributed by atoms with Crippen molar-refractivity contribution in [3.63, 3.8) is 0 Å². The van der Waals surface area contributed by atoms with Crippen LogP contribution < -0.4 is 5.32 Å². The number of nitrogens with zero attached hydrogens (tertiary/aromatic N) is 2. The predicted molar refractivity (Wildman–Crippen MR) is 83.1 cm³/mol. The molecule has 0 aliphatic rings. The van der Waals surface area contributed by atoms with Crippen LogP contribution in [0.1, 0.15) is 17.3 Å². The summed E-state index contributed by atoms with van der Waals surface area (Å²) in [6, 6.07) is 1.63. The van der Waals surface area contributed by atoms with Crippen LogP contribution in [0.15, 0.2) is 12.3 Å². The van der Waals surface area contributed by atoms with E-state index in [1.165, 1.54) is 6.20 Å². The summed E-state index contributed by atoms with van der Waals surface area (Å²) in [4.78, 5) is 18.3. The molecule has 1 rings (SSSR count). The number of hydrogen-bond acceptors (Lipinski definition) is 5. The van der Waals surface area contributed by atoms with Gasteiger partial charge in [0.25, 0.3) is 5.91 Å². The molecule has 1 aromatic heterocycles. The third-order valence-corrected chi connectivity index (χ3v) is 3.14. The van der Waals surface area contributed by atoms with Gasteiger partial charge in [0.05, 0.1) is 23.8 Å². The van der Waals surface area contributed by atoms with Gasteiger partial charge in [0.2, 0.25) is 0 Å². The van der Waals surface area contributed by atoms with Crippen LogP contribution in [0.2, 0.25) is 5.02 Å². The van der Waals surface area contributed by atoms with Crippen molar-refractivity contribution >= 4 is 23.3 Å². The third kappa shape index (κ3) is 5.49. The van der Waals surface area contributed by atoms with Gasteiger partial charge in [0.15, 0.2) is 0 Å². The van der Waals surface area contributed by atoms with Crippen LogP contribution >= 0.6 is 11.6 Å². The van der Waals surface area contributed by atoms with Gasteiger partial charge in [-0.1, -0.05) is 11.6 Å². The first kappa shape index (κ1) is 17.7. The Morgan fingerprint density at radius 3 is 2.43 bits per heavy atom. The Labute approximate surface area is 130 Å². The number of carbonyl (C=O) groups is 1. The summed E-state index contributed by atoms with van der Waals surface area (Å²) in [5.41, 5.74) is 0.453. The van der Waals surface area contributed by atoms with Crippen LogP contribution in [-0.4, -0.2) is 62.9 Å². The van der Waals surface area contributed by atoms with Crippen molar-refractivity contribution in [2.45, 2.75) is 6.92 Å². The number of amides is 1. The molecule has 0 saturated heterocycles. The molecule has 1 heterocycles. The number of hydrogen-bond donors (Lipinski definition) is 1. The second-order valence-corrected chi connectivity index (χ2v) is 4.77. The molecule has 0 radical (unpaired) electrons. The molecule has 0 fully saturated rings. The molecule has 21 heavy (non-hydrogen) atoms. The first-order valence-electron chi connectivity index (χ1n) is 6.80. The SMILES string of the molecule is CCNc1ncc(C(=O)N(CCOC)CCOC)cc1Cl. The number of carbonyl (C=O) groups excluding carboxylic acids is 1. The second-order valence-electron chi connectivity index (χ2n) is 4.36. The Hall–Kier alpha value is -1.37. The van der Waals surface area contributed by atoms with Gasteiger partial charge in [-0.2, -0.15) is 0 Å². The van der Waals surface area contributed by atoms with Crippen LogP contribution in [-0.2, 0) is 9.47 Å². The summed E-state index contributed by atoms with van der Waals surface area (Å²) in [5, 5.41) is 3.46. The fourth-order valence-corrected chi connectivity index (χ4v) is 1.99. The smallest absolute Gasteiger partial charge is 0.255 e.